The molecule has 0 atom stereocenters. The van der Waals surface area contributed by atoms with Gasteiger partial charge in [0.15, 0.2) is 0 Å². The molecule has 0 unspecified atom stereocenters. The van der Waals surface area contributed by atoms with Gasteiger partial charge in [0.25, 0.3) is 0 Å². The molecule has 0 amide bonds. The molecule has 0 bridgehead atoms. The first kappa shape index (κ1) is 95.0. The average molecular weight is 2320 g/mol. The minimum atomic E-state index is 0. The van der Waals surface area contributed by atoms with Crippen LogP contribution >= 0.6 is 0 Å². The van der Waals surface area contributed by atoms with E-state index in [1.54, 1.807) is 49.6 Å². The van der Waals surface area contributed by atoms with E-state index in [4.69, 9.17) is 0 Å². The van der Waals surface area contributed by atoms with E-state index in [1.807, 2.05) is 402 Å². The van der Waals surface area contributed by atoms with Gasteiger partial charge in [0.05, 0.1) is 11.4 Å². The van der Waals surface area contributed by atoms with Crippen molar-refractivity contribution in [2.24, 2.45) is 0 Å². The van der Waals surface area contributed by atoms with Gasteiger partial charge in [-0.1, -0.05) is 115 Å². The van der Waals surface area contributed by atoms with E-state index in [1.165, 1.54) is 0 Å². The van der Waals surface area contributed by atoms with Crippen molar-refractivity contribution in [1.82, 2.24) is 59.8 Å². The number of aryl methyl sites for hydroxylation is 1. The fraction of sp³-hybridized carbons (Fsp3) is 0.00917. The number of nitrogens with zero attached hydrogens (tertiary/aromatic N) is 12. The van der Waals surface area contributed by atoms with E-state index in [2.05, 4.69) is 120 Å². The second-order valence-electron chi connectivity index (χ2n) is 26.2. The Morgan fingerprint density at radius 1 is 0.160 bits per heavy atom. The van der Waals surface area contributed by atoms with E-state index < -0.39 is 0 Å². The Hall–Kier alpha value is -13.8. The third-order valence-corrected chi connectivity index (χ3v) is 17.7. The van der Waals surface area contributed by atoms with Crippen LogP contribution in [0.25, 0.3) is 135 Å². The molecular weight excluding hydrogens is 2250 g/mol. The molecule has 0 spiro atoms. The topological polar surface area (TPSA) is 155 Å². The zero-order valence-electron chi connectivity index (χ0n) is 67.5. The number of hydrogen-bond donors (Lipinski definition) is 0. The Labute approximate surface area is 785 Å². The number of rotatable bonds is 12. The first-order valence-electron chi connectivity index (χ1n) is 38.9. The molecular formula is C109H78Ir4N12-8. The molecule has 8 aromatic carbocycles. The quantitative estimate of drug-likeness (QED) is 0.107. The monoisotopic (exact) mass is 2330 g/mol. The van der Waals surface area contributed by atoms with Crippen LogP contribution in [0.4, 0.5) is 0 Å². The van der Waals surface area contributed by atoms with Crippen LogP contribution in [-0.2, 0) is 80.4 Å². The van der Waals surface area contributed by atoms with Crippen LogP contribution in [0, 0.1) is 55.5 Å². The first-order valence-corrected chi connectivity index (χ1v) is 38.9. The van der Waals surface area contributed by atoms with Crippen LogP contribution in [0.15, 0.2) is 457 Å². The molecule has 20 aromatic rings. The van der Waals surface area contributed by atoms with E-state index >= 15 is 0 Å². The van der Waals surface area contributed by atoms with Gasteiger partial charge in [-0.25, -0.2) is 0 Å². The van der Waals surface area contributed by atoms with E-state index in [9.17, 15) is 0 Å². The maximum atomic E-state index is 4.50. The zero-order chi connectivity index (χ0) is 82.6. The third kappa shape index (κ3) is 30.9. The van der Waals surface area contributed by atoms with Crippen molar-refractivity contribution >= 4 is 0 Å². The van der Waals surface area contributed by atoms with Gasteiger partial charge in [-0.3, -0.25) is 19.9 Å². The molecule has 12 nitrogen and oxygen atoms in total. The molecule has 12 aromatic heterocycles. The smallest absolute Gasteiger partial charge is 0.0719 e. The van der Waals surface area contributed by atoms with Gasteiger partial charge in [-0.15, -0.1) is 287 Å². The predicted octanol–water partition coefficient (Wildman–Crippen LogP) is 24.9. The molecule has 0 aliphatic carbocycles. The molecule has 12 heterocycles. The largest absolute Gasteiger partial charge is 0.305 e. The summed E-state index contributed by atoms with van der Waals surface area (Å²) >= 11 is 0. The third-order valence-electron chi connectivity index (χ3n) is 17.7. The second-order valence-corrected chi connectivity index (χ2v) is 26.2. The van der Waals surface area contributed by atoms with Crippen molar-refractivity contribution in [2.75, 3.05) is 0 Å². The molecule has 125 heavy (non-hydrogen) atoms. The second kappa shape index (κ2) is 53.8. The molecule has 0 saturated carbocycles. The number of pyridine rings is 12. The van der Waals surface area contributed by atoms with Gasteiger partial charge in [0.1, 0.15) is 0 Å². The van der Waals surface area contributed by atoms with Crippen LogP contribution in [0.2, 0.25) is 0 Å². The Morgan fingerprint density at radius 2 is 0.416 bits per heavy atom. The summed E-state index contributed by atoms with van der Waals surface area (Å²) in [6.45, 7) is 1.99. The molecule has 618 valence electrons. The normalized spacial score (nSPS) is 9.70. The maximum Gasteiger partial charge on any atom is 0.0719 e. The minimum Gasteiger partial charge on any atom is -0.305 e. The summed E-state index contributed by atoms with van der Waals surface area (Å²) in [5.41, 5.74) is 25.1. The van der Waals surface area contributed by atoms with Crippen molar-refractivity contribution in [3.05, 3.63) is 511 Å². The molecule has 20 rings (SSSR count). The Balaban J connectivity index is 0.000000162. The fourth-order valence-corrected chi connectivity index (χ4v) is 11.7. The van der Waals surface area contributed by atoms with E-state index in [-0.39, 0.29) is 80.4 Å². The van der Waals surface area contributed by atoms with Crippen molar-refractivity contribution in [3.63, 3.8) is 0 Å². The van der Waals surface area contributed by atoms with Gasteiger partial charge >= 0.3 is 0 Å². The van der Waals surface area contributed by atoms with Crippen LogP contribution in [0.1, 0.15) is 5.69 Å². The van der Waals surface area contributed by atoms with Gasteiger partial charge in [0.2, 0.25) is 0 Å². The first-order chi connectivity index (χ1) is 60.0. The summed E-state index contributed by atoms with van der Waals surface area (Å²) in [6, 6.07) is 147. The number of hydrogen-bond acceptors (Lipinski definition) is 12. The molecule has 0 aliphatic rings. The molecule has 16 heteroatoms. The summed E-state index contributed by atoms with van der Waals surface area (Å²) in [4.78, 5) is 51.7. The number of benzene rings is 8. The predicted molar refractivity (Wildman–Crippen MR) is 486 cm³/mol. The van der Waals surface area contributed by atoms with Crippen molar-refractivity contribution in [1.29, 1.82) is 0 Å². The van der Waals surface area contributed by atoms with Crippen LogP contribution in [0.5, 0.6) is 0 Å². The van der Waals surface area contributed by atoms with E-state index in [0.29, 0.717) is 0 Å². The Bertz CT molecular complexity index is 5310. The van der Waals surface area contributed by atoms with Gasteiger partial charge < -0.3 is 39.9 Å². The molecule has 0 saturated heterocycles. The van der Waals surface area contributed by atoms with Crippen molar-refractivity contribution in [2.45, 2.75) is 6.92 Å². The van der Waals surface area contributed by atoms with Crippen molar-refractivity contribution in [3.8, 4) is 135 Å². The number of aromatic nitrogens is 12. The molecule has 0 fully saturated rings. The average Bonchev–Trinajstić information content (AvgIpc) is 0.847. The van der Waals surface area contributed by atoms with E-state index in [0.717, 1.165) is 141 Å². The molecule has 0 N–H and O–H groups in total. The summed E-state index contributed by atoms with van der Waals surface area (Å²) in [5.74, 6) is 0. The molecule has 4 radical (unpaired) electrons. The Morgan fingerprint density at radius 3 is 0.664 bits per heavy atom. The summed E-state index contributed by atoms with van der Waals surface area (Å²) in [7, 11) is 0. The fourth-order valence-electron chi connectivity index (χ4n) is 11.7. The van der Waals surface area contributed by atoms with Gasteiger partial charge in [-0.2, -0.15) is 0 Å². The van der Waals surface area contributed by atoms with Crippen LogP contribution < -0.4 is 0 Å². The minimum absolute atomic E-state index is 0. The maximum absolute atomic E-state index is 4.50. The summed E-state index contributed by atoms with van der Waals surface area (Å²) < 4.78 is 0. The zero-order valence-corrected chi connectivity index (χ0v) is 77.1. The van der Waals surface area contributed by atoms with Crippen LogP contribution in [0.3, 0.4) is 0 Å². The summed E-state index contributed by atoms with van der Waals surface area (Å²) in [5, 5.41) is 0. The van der Waals surface area contributed by atoms with Crippen molar-refractivity contribution < 1.29 is 80.4 Å². The van der Waals surface area contributed by atoms with Crippen LogP contribution in [-0.4, -0.2) is 59.8 Å². The van der Waals surface area contributed by atoms with Gasteiger partial charge in [-0.05, 0) is 136 Å². The van der Waals surface area contributed by atoms with Gasteiger partial charge in [0, 0.05) is 183 Å². The molecule has 0 aliphatic heterocycles. The summed E-state index contributed by atoms with van der Waals surface area (Å²) in [6.07, 6.45) is 23.6. The SMILES string of the molecule is Cc1cccc(-c2ccc(-c3[c-]cccc3)nc2)n1.[Ir].[Ir].[Ir].[Ir].[c-]1ccccc1-c1ccc(-c2ccccn2)cn1.[c-]1ccccc1-c1ccc(-c2cccnc2)cn1.[c-]1ccccc1-c1ccc(-c2ccncc2)cn1.[c-]1ccccc1-c1ccccn1.[c-]1ccccc1-c1ccccn1.[c-]1ccccc1-c1ccccn1.[c-]1ccccc1-c1ccccn1. The Kier molecular flexibility index (Phi) is 40.9. The standard InChI is InChI=1S/C17H13N2.3C16H11N2.4C11H8N.4Ir/c1-13-6-5-9-17(19-13)15-10-11-16(18-12-15)14-7-3-2-4-8-14;1-2-6-13(7-3-1)16-10-9-14(12-18-16)15-8-4-5-11-17-15;1-2-5-13(6-3-1)16-9-8-15(12-18-16)14-7-4-10-17-11-14;1-2-4-14(5-3-1)16-7-6-15(12-18-16)13-8-10-17-11-9-13;4*1-2-6-10(7-3-1)11-8-4-5-9-12-11;;;;/h2-7,9-12H,1H3;1-6,8-12H;1-5,7-12H;1-4,6-12H;4*1-6,8-9H;;;;/q8*-1;;;;.